The largest absolute Gasteiger partial charge is 0.462 e. The van der Waals surface area contributed by atoms with Crippen LogP contribution in [0.1, 0.15) is 69.1 Å². The lowest BCUT2D eigenvalue weighted by Crippen LogP contribution is -2.12. The summed E-state index contributed by atoms with van der Waals surface area (Å²) < 4.78 is 21.8. The van der Waals surface area contributed by atoms with E-state index in [0.29, 0.717) is 64.6 Å². The fourth-order valence-electron chi connectivity index (χ4n) is 6.72. The molecule has 0 bridgehead atoms. The average Bonchev–Trinajstić information content (AvgIpc) is 3.24. The van der Waals surface area contributed by atoms with Gasteiger partial charge in [-0.15, -0.1) is 0 Å². The van der Waals surface area contributed by atoms with E-state index in [4.69, 9.17) is 65.4 Å². The van der Waals surface area contributed by atoms with Gasteiger partial charge in [-0.1, -0.05) is 94.9 Å². The normalized spacial score (nSPS) is 10.9. The van der Waals surface area contributed by atoms with Crippen LogP contribution in [0, 0.1) is 0 Å². The van der Waals surface area contributed by atoms with Crippen LogP contribution in [0.5, 0.6) is 0 Å². The SMILES string of the molecule is CCOC(=O)c1cc(-c2ccc(-c3ccc(-c4cc(C(=O)OCC)c(-c5cc(Cl)ccc5Cl)cc4C(=O)OCC)cc3)cc2Cl)c(C(=O)OCC)cc1-c1ccc(Cl)cc1. The van der Waals surface area contributed by atoms with Crippen molar-refractivity contribution in [3.8, 4) is 55.6 Å². The van der Waals surface area contributed by atoms with Crippen molar-refractivity contribution in [2.24, 2.45) is 0 Å². The fraction of sp³-hybridized carbons (Fsp3) is 0.167. The lowest BCUT2D eigenvalue weighted by atomic mass is 9.89. The first kappa shape index (κ1) is 43.9. The maximum absolute atomic E-state index is 13.5. The summed E-state index contributed by atoms with van der Waals surface area (Å²) in [4.78, 5) is 53.7. The predicted molar refractivity (Wildman–Crippen MR) is 237 cm³/mol. The lowest BCUT2D eigenvalue weighted by molar-refractivity contribution is 0.0513. The minimum Gasteiger partial charge on any atom is -0.462 e. The molecule has 0 atom stereocenters. The van der Waals surface area contributed by atoms with Crippen LogP contribution >= 0.6 is 46.4 Å². The number of halogens is 4. The maximum Gasteiger partial charge on any atom is 0.338 e. The van der Waals surface area contributed by atoms with Gasteiger partial charge in [-0.3, -0.25) is 0 Å². The number of esters is 4. The van der Waals surface area contributed by atoms with E-state index < -0.39 is 23.9 Å². The Kier molecular flexibility index (Phi) is 14.4. The van der Waals surface area contributed by atoms with Crippen LogP contribution in [0.15, 0.2) is 109 Å². The third-order valence-corrected chi connectivity index (χ3v) is 10.6. The van der Waals surface area contributed by atoms with E-state index in [1.165, 1.54) is 0 Å². The van der Waals surface area contributed by atoms with Crippen molar-refractivity contribution in [2.75, 3.05) is 26.4 Å². The predicted octanol–water partition coefficient (Wildman–Crippen LogP) is 13.3. The molecular weight excluding hydrogens is 846 g/mol. The number of rotatable bonds is 13. The third-order valence-electron chi connectivity index (χ3n) is 9.46. The van der Waals surface area contributed by atoms with Crippen molar-refractivity contribution in [1.29, 1.82) is 0 Å². The molecular formula is C48H38Cl4O8. The number of hydrogen-bond donors (Lipinski definition) is 0. The number of hydrogen-bond acceptors (Lipinski definition) is 8. The van der Waals surface area contributed by atoms with E-state index in [1.807, 2.05) is 30.3 Å². The molecule has 8 nitrogen and oxygen atoms in total. The zero-order valence-corrected chi connectivity index (χ0v) is 36.0. The summed E-state index contributed by atoms with van der Waals surface area (Å²) in [6.07, 6.45) is 0. The Morgan fingerprint density at radius 3 is 1.17 bits per heavy atom. The van der Waals surface area contributed by atoms with Crippen molar-refractivity contribution in [1.82, 2.24) is 0 Å². The van der Waals surface area contributed by atoms with Crippen molar-refractivity contribution in [2.45, 2.75) is 27.7 Å². The minimum absolute atomic E-state index is 0.123. The molecule has 306 valence electrons. The molecule has 0 radical (unpaired) electrons. The second-order valence-corrected chi connectivity index (χ2v) is 14.9. The molecule has 0 aliphatic heterocycles. The van der Waals surface area contributed by atoms with Crippen molar-refractivity contribution in [3.63, 3.8) is 0 Å². The monoisotopic (exact) mass is 882 g/mol. The van der Waals surface area contributed by atoms with Gasteiger partial charge in [0, 0.05) is 31.2 Å². The Bertz CT molecular complexity index is 2600. The number of carbonyl (C=O) groups is 4. The van der Waals surface area contributed by atoms with Crippen LogP contribution in [0.3, 0.4) is 0 Å². The van der Waals surface area contributed by atoms with Crippen molar-refractivity contribution in [3.05, 3.63) is 152 Å². The lowest BCUT2D eigenvalue weighted by Gasteiger charge is -2.18. The van der Waals surface area contributed by atoms with Gasteiger partial charge < -0.3 is 18.9 Å². The molecule has 0 aliphatic carbocycles. The minimum atomic E-state index is -0.605. The highest BCUT2D eigenvalue weighted by atomic mass is 35.5. The van der Waals surface area contributed by atoms with Crippen LogP contribution in [0.25, 0.3) is 55.6 Å². The highest BCUT2D eigenvalue weighted by Crippen LogP contribution is 2.41. The smallest absolute Gasteiger partial charge is 0.338 e. The summed E-state index contributed by atoms with van der Waals surface area (Å²) in [6.45, 7) is 7.35. The Labute approximate surface area is 367 Å². The molecule has 0 aliphatic rings. The van der Waals surface area contributed by atoms with E-state index >= 15 is 0 Å². The Morgan fingerprint density at radius 1 is 0.350 bits per heavy atom. The van der Waals surface area contributed by atoms with Gasteiger partial charge >= 0.3 is 23.9 Å². The van der Waals surface area contributed by atoms with E-state index in [1.54, 1.807) is 107 Å². The summed E-state index contributed by atoms with van der Waals surface area (Å²) >= 11 is 26.1. The fourth-order valence-corrected chi connectivity index (χ4v) is 7.52. The highest BCUT2D eigenvalue weighted by molar-refractivity contribution is 6.36. The van der Waals surface area contributed by atoms with Gasteiger partial charge in [0.15, 0.2) is 0 Å². The first-order chi connectivity index (χ1) is 28.9. The first-order valence-electron chi connectivity index (χ1n) is 19.1. The van der Waals surface area contributed by atoms with Crippen molar-refractivity contribution >= 4 is 70.3 Å². The maximum atomic E-state index is 13.5. The number of ether oxygens (including phenoxy) is 4. The van der Waals surface area contributed by atoms with Gasteiger partial charge in [0.2, 0.25) is 0 Å². The average molecular weight is 885 g/mol. The molecule has 12 heteroatoms. The molecule has 0 saturated carbocycles. The molecule has 0 fully saturated rings. The second-order valence-electron chi connectivity index (χ2n) is 13.2. The number of benzene rings is 6. The van der Waals surface area contributed by atoms with Gasteiger partial charge in [-0.2, -0.15) is 0 Å². The molecule has 0 saturated heterocycles. The molecule has 0 unspecified atom stereocenters. The Balaban J connectivity index is 1.44. The van der Waals surface area contributed by atoms with Crippen LogP contribution < -0.4 is 0 Å². The molecule has 0 heterocycles. The first-order valence-corrected chi connectivity index (χ1v) is 20.6. The molecule has 0 spiro atoms. The van der Waals surface area contributed by atoms with Crippen LogP contribution in [-0.4, -0.2) is 50.3 Å². The summed E-state index contributed by atoms with van der Waals surface area (Å²) in [6, 6.07) is 30.8. The molecule has 0 N–H and O–H groups in total. The van der Waals surface area contributed by atoms with E-state index in [0.717, 1.165) is 11.1 Å². The molecule has 6 rings (SSSR count). The van der Waals surface area contributed by atoms with Gasteiger partial charge in [0.1, 0.15) is 0 Å². The summed E-state index contributed by atoms with van der Waals surface area (Å²) in [5, 5.41) is 1.53. The Hall–Kier alpha value is -5.64. The van der Waals surface area contributed by atoms with Crippen LogP contribution in [-0.2, 0) is 18.9 Å². The third kappa shape index (κ3) is 9.53. The zero-order valence-electron chi connectivity index (χ0n) is 33.0. The van der Waals surface area contributed by atoms with Crippen molar-refractivity contribution < 1.29 is 38.1 Å². The molecule has 0 aromatic heterocycles. The van der Waals surface area contributed by atoms with E-state index in [-0.39, 0.29) is 48.7 Å². The van der Waals surface area contributed by atoms with Gasteiger partial charge in [0.05, 0.1) is 48.7 Å². The summed E-state index contributed by atoms with van der Waals surface area (Å²) in [7, 11) is 0. The van der Waals surface area contributed by atoms with Gasteiger partial charge in [0.25, 0.3) is 0 Å². The molecule has 60 heavy (non-hydrogen) atoms. The van der Waals surface area contributed by atoms with Crippen LogP contribution in [0.2, 0.25) is 20.1 Å². The van der Waals surface area contributed by atoms with Crippen LogP contribution in [0.4, 0.5) is 0 Å². The zero-order chi connectivity index (χ0) is 43.1. The summed E-state index contributed by atoms with van der Waals surface area (Å²) in [5.74, 6) is -2.36. The quantitative estimate of drug-likeness (QED) is 0.0834. The standard InChI is InChI=1S/C48H38Cl4O8/c1-5-57-45(53)39-25-36(41(47(55)59-7-3)23-35(39)29-13-16-31(49)17-14-29)33-19-15-30(21-44(33)52)27-9-11-28(12-10-27)34-24-42(48(56)60-8-4)37(26-40(34)46(54)58-6-2)38-22-32(50)18-20-43(38)51/h9-26H,5-8H2,1-4H3. The van der Waals surface area contributed by atoms with Gasteiger partial charge in [-0.05, 0) is 133 Å². The van der Waals surface area contributed by atoms with E-state index in [9.17, 15) is 19.2 Å². The summed E-state index contributed by atoms with van der Waals surface area (Å²) in [5.41, 5.74) is 6.18. The molecule has 0 amide bonds. The number of carbonyl (C=O) groups excluding carboxylic acids is 4. The second kappa shape index (κ2) is 19.6. The molecule has 6 aromatic carbocycles. The topological polar surface area (TPSA) is 105 Å². The highest BCUT2D eigenvalue weighted by Gasteiger charge is 2.26. The van der Waals surface area contributed by atoms with E-state index in [2.05, 4.69) is 0 Å². The molecule has 6 aromatic rings. The van der Waals surface area contributed by atoms with Gasteiger partial charge in [-0.25, -0.2) is 19.2 Å². The Morgan fingerprint density at radius 2 is 0.717 bits per heavy atom.